The Morgan fingerprint density at radius 1 is 1.50 bits per heavy atom. The number of carboxylic acids is 1. The van der Waals surface area contributed by atoms with Crippen LogP contribution in [0.3, 0.4) is 0 Å². The number of nitrogens with one attached hydrogen (secondary N) is 1. The minimum Gasteiger partial charge on any atom is -0.480 e. The summed E-state index contributed by atoms with van der Waals surface area (Å²) in [7, 11) is 0. The van der Waals surface area contributed by atoms with Crippen LogP contribution in [-0.2, 0) is 9.59 Å². The molecular weight excluding hydrogens is 214 g/mol. The number of hydrogen-bond acceptors (Lipinski definition) is 4. The molecule has 1 aromatic rings. The number of furan rings is 1. The predicted molar refractivity (Wildman–Crippen MR) is 52.9 cm³/mol. The number of Topliss-reactive ketones (excluding diaryl/α,β-unsaturated/α-hetero) is 1. The van der Waals surface area contributed by atoms with Crippen molar-refractivity contribution in [3.8, 4) is 0 Å². The standard InChI is InChI=1S/C10H11NO5/c1-6(12)11-7(10(14)15)5-8(13)9-3-2-4-16-9/h2-4,7H,5H2,1H3,(H,11,12)(H,14,15)/t7-/m1/s1. The lowest BCUT2D eigenvalue weighted by Gasteiger charge is -2.11. The molecule has 1 rings (SSSR count). The highest BCUT2D eigenvalue weighted by molar-refractivity contribution is 5.97. The van der Waals surface area contributed by atoms with E-state index in [1.54, 1.807) is 0 Å². The first-order valence-corrected chi connectivity index (χ1v) is 4.57. The maximum atomic E-state index is 11.5. The molecule has 0 spiro atoms. The Hall–Kier alpha value is -2.11. The van der Waals surface area contributed by atoms with Gasteiger partial charge in [-0.1, -0.05) is 0 Å². The van der Waals surface area contributed by atoms with Crippen LogP contribution in [0.5, 0.6) is 0 Å². The summed E-state index contributed by atoms with van der Waals surface area (Å²) in [6.45, 7) is 1.19. The van der Waals surface area contributed by atoms with E-state index >= 15 is 0 Å². The van der Waals surface area contributed by atoms with Crippen molar-refractivity contribution in [1.29, 1.82) is 0 Å². The fourth-order valence-corrected chi connectivity index (χ4v) is 1.17. The third-order valence-electron chi connectivity index (χ3n) is 1.86. The van der Waals surface area contributed by atoms with Crippen molar-refractivity contribution in [3.63, 3.8) is 0 Å². The Balaban J connectivity index is 2.65. The monoisotopic (exact) mass is 225 g/mol. The second kappa shape index (κ2) is 5.11. The average Bonchev–Trinajstić information content (AvgIpc) is 2.68. The summed E-state index contributed by atoms with van der Waals surface area (Å²) in [6, 6.07) is 1.74. The number of amides is 1. The molecule has 0 aromatic carbocycles. The largest absolute Gasteiger partial charge is 0.480 e. The maximum absolute atomic E-state index is 11.5. The number of carbonyl (C=O) groups is 3. The van der Waals surface area contributed by atoms with Crippen LogP contribution in [0.25, 0.3) is 0 Å². The molecule has 2 N–H and O–H groups in total. The number of hydrogen-bond donors (Lipinski definition) is 2. The summed E-state index contributed by atoms with van der Waals surface area (Å²) in [5, 5.41) is 10.9. The second-order valence-electron chi connectivity index (χ2n) is 3.20. The number of rotatable bonds is 5. The van der Waals surface area contributed by atoms with E-state index in [4.69, 9.17) is 9.52 Å². The first-order chi connectivity index (χ1) is 7.50. The van der Waals surface area contributed by atoms with Crippen LogP contribution in [-0.4, -0.2) is 28.8 Å². The Morgan fingerprint density at radius 3 is 2.62 bits per heavy atom. The maximum Gasteiger partial charge on any atom is 0.326 e. The lowest BCUT2D eigenvalue weighted by molar-refractivity contribution is -0.141. The number of carboxylic acid groups (broad SMARTS) is 1. The second-order valence-corrected chi connectivity index (χ2v) is 3.20. The van der Waals surface area contributed by atoms with Crippen molar-refractivity contribution < 1.29 is 23.9 Å². The molecule has 0 saturated heterocycles. The van der Waals surface area contributed by atoms with E-state index < -0.39 is 23.7 Å². The van der Waals surface area contributed by atoms with Crippen molar-refractivity contribution >= 4 is 17.7 Å². The molecule has 1 aromatic heterocycles. The highest BCUT2D eigenvalue weighted by Crippen LogP contribution is 2.06. The van der Waals surface area contributed by atoms with E-state index in [0.29, 0.717) is 0 Å². The molecule has 0 aliphatic carbocycles. The highest BCUT2D eigenvalue weighted by Gasteiger charge is 2.23. The molecule has 6 nitrogen and oxygen atoms in total. The van der Waals surface area contributed by atoms with Crippen molar-refractivity contribution in [2.75, 3.05) is 0 Å². The summed E-state index contributed by atoms with van der Waals surface area (Å²) in [5.41, 5.74) is 0. The van der Waals surface area contributed by atoms with Crippen LogP contribution in [0.2, 0.25) is 0 Å². The Morgan fingerprint density at radius 2 is 2.19 bits per heavy atom. The van der Waals surface area contributed by atoms with Gasteiger partial charge in [0, 0.05) is 13.3 Å². The third kappa shape index (κ3) is 3.23. The van der Waals surface area contributed by atoms with Gasteiger partial charge in [-0.2, -0.15) is 0 Å². The third-order valence-corrected chi connectivity index (χ3v) is 1.86. The van der Waals surface area contributed by atoms with Gasteiger partial charge in [0.25, 0.3) is 0 Å². The van der Waals surface area contributed by atoms with Gasteiger partial charge in [0.05, 0.1) is 6.26 Å². The van der Waals surface area contributed by atoms with Gasteiger partial charge in [0.2, 0.25) is 11.7 Å². The zero-order chi connectivity index (χ0) is 12.1. The lowest BCUT2D eigenvalue weighted by atomic mass is 10.1. The lowest BCUT2D eigenvalue weighted by Crippen LogP contribution is -2.41. The van der Waals surface area contributed by atoms with Crippen molar-refractivity contribution in [2.24, 2.45) is 0 Å². The smallest absolute Gasteiger partial charge is 0.326 e. The van der Waals surface area contributed by atoms with Gasteiger partial charge >= 0.3 is 5.97 Å². The molecule has 16 heavy (non-hydrogen) atoms. The van der Waals surface area contributed by atoms with Gasteiger partial charge in [0.1, 0.15) is 6.04 Å². The van der Waals surface area contributed by atoms with E-state index in [1.165, 1.54) is 25.3 Å². The number of ketones is 1. The first-order valence-electron chi connectivity index (χ1n) is 4.57. The molecule has 1 amide bonds. The van der Waals surface area contributed by atoms with E-state index in [2.05, 4.69) is 5.32 Å². The molecule has 0 aliphatic rings. The fraction of sp³-hybridized carbons (Fsp3) is 0.300. The summed E-state index contributed by atoms with van der Waals surface area (Å²) in [4.78, 5) is 33.0. The van der Waals surface area contributed by atoms with Crippen LogP contribution >= 0.6 is 0 Å². The summed E-state index contributed by atoms with van der Waals surface area (Å²) < 4.78 is 4.83. The number of carbonyl (C=O) groups excluding carboxylic acids is 2. The molecular formula is C10H11NO5. The quantitative estimate of drug-likeness (QED) is 0.709. The van der Waals surface area contributed by atoms with Crippen LogP contribution in [0.4, 0.5) is 0 Å². The molecule has 0 bridgehead atoms. The van der Waals surface area contributed by atoms with Gasteiger partial charge in [-0.25, -0.2) is 4.79 Å². The molecule has 0 radical (unpaired) electrons. The minimum atomic E-state index is -1.25. The van der Waals surface area contributed by atoms with Crippen molar-refractivity contribution in [1.82, 2.24) is 5.32 Å². The summed E-state index contributed by atoms with van der Waals surface area (Å²) in [5.74, 6) is -2.14. The summed E-state index contributed by atoms with van der Waals surface area (Å²) >= 11 is 0. The molecule has 0 saturated carbocycles. The van der Waals surface area contributed by atoms with Gasteiger partial charge in [0.15, 0.2) is 5.76 Å². The highest BCUT2D eigenvalue weighted by atomic mass is 16.4. The van der Waals surface area contributed by atoms with E-state index in [1.807, 2.05) is 0 Å². The molecule has 0 unspecified atom stereocenters. The van der Waals surface area contributed by atoms with Crippen LogP contribution in [0.15, 0.2) is 22.8 Å². The van der Waals surface area contributed by atoms with E-state index in [9.17, 15) is 14.4 Å². The minimum absolute atomic E-state index is 0.0802. The SMILES string of the molecule is CC(=O)N[C@H](CC(=O)c1ccco1)C(=O)O. The average molecular weight is 225 g/mol. The van der Waals surface area contributed by atoms with Gasteiger partial charge in [-0.05, 0) is 12.1 Å². The molecule has 6 heteroatoms. The molecule has 0 fully saturated rings. The molecule has 1 heterocycles. The Bertz CT molecular complexity index is 395. The first kappa shape index (κ1) is 12.0. The van der Waals surface area contributed by atoms with Crippen molar-refractivity contribution in [2.45, 2.75) is 19.4 Å². The zero-order valence-electron chi connectivity index (χ0n) is 8.60. The normalized spacial score (nSPS) is 11.8. The Kier molecular flexibility index (Phi) is 3.82. The van der Waals surface area contributed by atoms with Crippen molar-refractivity contribution in [3.05, 3.63) is 24.2 Å². The molecule has 86 valence electrons. The molecule has 0 aliphatic heterocycles. The number of aliphatic carboxylic acids is 1. The van der Waals surface area contributed by atoms with Crippen LogP contribution in [0, 0.1) is 0 Å². The van der Waals surface area contributed by atoms with Gasteiger partial charge < -0.3 is 14.8 Å². The summed E-state index contributed by atoms with van der Waals surface area (Å²) in [6.07, 6.45) is 0.990. The predicted octanol–water partition coefficient (Wildman–Crippen LogP) is 0.442. The van der Waals surface area contributed by atoms with Crippen LogP contribution < -0.4 is 5.32 Å². The van der Waals surface area contributed by atoms with E-state index in [-0.39, 0.29) is 12.2 Å². The van der Waals surface area contributed by atoms with Crippen LogP contribution in [0.1, 0.15) is 23.9 Å². The van der Waals surface area contributed by atoms with E-state index in [0.717, 1.165) is 0 Å². The van der Waals surface area contributed by atoms with Gasteiger partial charge in [-0.3, -0.25) is 9.59 Å². The fourth-order valence-electron chi connectivity index (χ4n) is 1.17. The topological polar surface area (TPSA) is 96.6 Å². The van der Waals surface area contributed by atoms with Gasteiger partial charge in [-0.15, -0.1) is 0 Å². The zero-order valence-corrected chi connectivity index (χ0v) is 8.60. The molecule has 1 atom stereocenters. The Labute approximate surface area is 91.2 Å².